The third-order valence-electron chi connectivity index (χ3n) is 3.01. The van der Waals surface area contributed by atoms with Gasteiger partial charge in [-0.05, 0) is 0 Å². The van der Waals surface area contributed by atoms with Crippen LogP contribution < -0.4 is 48.0 Å². The maximum atomic E-state index is 2.39. The maximum absolute atomic E-state index is 2.39. The van der Waals surface area contributed by atoms with Gasteiger partial charge in [-0.2, -0.15) is 0 Å². The molecule has 14 heavy (non-hydrogen) atoms. The van der Waals surface area contributed by atoms with E-state index in [0.717, 1.165) is 5.92 Å². The van der Waals surface area contributed by atoms with E-state index in [-0.39, 0.29) is 48.0 Å². The fraction of sp³-hybridized carbons (Fsp3) is 0.636. The zero-order valence-corrected chi connectivity index (χ0v) is 15.0. The van der Waals surface area contributed by atoms with Gasteiger partial charge in [0.05, 0.1) is 0 Å². The Labute approximate surface area is 136 Å². The Hall–Kier alpha value is 1.82. The topological polar surface area (TPSA) is 0 Å². The molecule has 2 aliphatic carbocycles. The first-order chi connectivity index (χ1) is 5.88. The molecule has 0 aromatic rings. The number of hydrogen-bond donors (Lipinski definition) is 0. The molecule has 77 valence electrons. The first-order valence-electron chi connectivity index (χ1n) is 4.99. The molecule has 2 rings (SSSR count). The third-order valence-corrected chi connectivity index (χ3v) is 4.22. The molecule has 0 aromatic heterocycles. The minimum absolute atomic E-state index is 0. The standard InChI is InChI=1S/C11H15.2HI.Zr/c1-2-6-10(7-3-1)11-8-4-5-9-11;;;/h4,8,10H,1-3,5-7H2;2*1H;/q;;;+2/p-2. The van der Waals surface area contributed by atoms with Crippen LogP contribution in [-0.4, -0.2) is 0 Å². The van der Waals surface area contributed by atoms with E-state index in [0.29, 0.717) is 0 Å². The third kappa shape index (κ3) is 4.00. The number of allylic oxidation sites excluding steroid dienone is 4. The summed E-state index contributed by atoms with van der Waals surface area (Å²) in [6.07, 6.45) is 13.3. The van der Waals surface area contributed by atoms with Crippen molar-refractivity contribution in [2.24, 2.45) is 5.92 Å². The van der Waals surface area contributed by atoms with Crippen molar-refractivity contribution < 1.29 is 72.7 Å². The summed E-state index contributed by atoms with van der Waals surface area (Å²) in [7, 11) is 0. The first-order valence-corrected chi connectivity index (χ1v) is 6.22. The van der Waals surface area contributed by atoms with E-state index in [1.165, 1.54) is 38.5 Å². The Morgan fingerprint density at radius 2 is 1.71 bits per heavy atom. The molecular formula is C11H15I2Zr. The van der Waals surface area contributed by atoms with Gasteiger partial charge in [0, 0.05) is 0 Å². The zero-order valence-electron chi connectivity index (χ0n) is 8.23. The predicted molar refractivity (Wildman–Crippen MR) is 47.4 cm³/mol. The molecule has 0 atom stereocenters. The van der Waals surface area contributed by atoms with Crippen LogP contribution >= 0.6 is 0 Å². The average Bonchev–Trinajstić information content (AvgIpc) is 2.53. The van der Waals surface area contributed by atoms with Crippen molar-refractivity contribution in [1.82, 2.24) is 0 Å². The summed E-state index contributed by atoms with van der Waals surface area (Å²) in [5.41, 5.74) is 1.72. The summed E-state index contributed by atoms with van der Waals surface area (Å²) < 4.78 is 1.72. The van der Waals surface area contributed by atoms with Crippen LogP contribution in [-0.2, 0) is 24.7 Å². The number of rotatable bonds is 1. The van der Waals surface area contributed by atoms with Crippen LogP contribution in [0.3, 0.4) is 0 Å². The summed E-state index contributed by atoms with van der Waals surface area (Å²) in [4.78, 5) is 0. The molecule has 0 spiro atoms. The van der Waals surface area contributed by atoms with Gasteiger partial charge < -0.3 is 48.0 Å². The van der Waals surface area contributed by atoms with Crippen molar-refractivity contribution in [2.75, 3.05) is 0 Å². The van der Waals surface area contributed by atoms with Gasteiger partial charge in [-0.25, -0.2) is 0 Å². The molecule has 0 amide bonds. The van der Waals surface area contributed by atoms with Gasteiger partial charge in [0.2, 0.25) is 0 Å². The van der Waals surface area contributed by atoms with Crippen molar-refractivity contribution in [1.29, 1.82) is 0 Å². The van der Waals surface area contributed by atoms with E-state index in [2.05, 4.69) is 12.2 Å². The molecule has 0 aliphatic heterocycles. The van der Waals surface area contributed by atoms with Crippen LogP contribution in [0, 0.1) is 5.92 Å². The molecule has 0 nitrogen and oxygen atoms in total. The van der Waals surface area contributed by atoms with E-state index in [1.54, 1.807) is 33.6 Å². The Morgan fingerprint density at radius 3 is 2.21 bits per heavy atom. The van der Waals surface area contributed by atoms with Gasteiger partial charge in [-0.1, -0.05) is 0 Å². The molecule has 0 bridgehead atoms. The van der Waals surface area contributed by atoms with E-state index in [9.17, 15) is 0 Å². The van der Waals surface area contributed by atoms with Crippen LogP contribution in [0.5, 0.6) is 0 Å². The number of halogens is 2. The van der Waals surface area contributed by atoms with Crippen LogP contribution in [0.4, 0.5) is 0 Å². The van der Waals surface area contributed by atoms with Gasteiger partial charge in [-0.3, -0.25) is 0 Å². The second kappa shape index (κ2) is 7.99. The molecule has 0 saturated heterocycles. The average molecular weight is 492 g/mol. The van der Waals surface area contributed by atoms with Gasteiger partial charge in [0.15, 0.2) is 0 Å². The summed E-state index contributed by atoms with van der Waals surface area (Å²) in [5.74, 6) is 0.937. The SMILES string of the molecule is [I-].[I-].[Zr+2][C]1=C(C2CCCCC2)C=CC1. The molecule has 0 unspecified atom stereocenters. The molecule has 3 heteroatoms. The minimum atomic E-state index is 0. The molecule has 0 aromatic carbocycles. The Bertz CT molecular complexity index is 227. The van der Waals surface area contributed by atoms with E-state index in [4.69, 9.17) is 0 Å². The van der Waals surface area contributed by atoms with Crippen molar-refractivity contribution in [3.63, 3.8) is 0 Å². The molecule has 0 heterocycles. The molecule has 1 saturated carbocycles. The second-order valence-corrected chi connectivity index (χ2v) is 5.36. The van der Waals surface area contributed by atoms with Crippen LogP contribution in [0.15, 0.2) is 21.0 Å². The van der Waals surface area contributed by atoms with E-state index in [1.807, 2.05) is 0 Å². The second-order valence-electron chi connectivity index (χ2n) is 3.88. The van der Waals surface area contributed by atoms with Crippen LogP contribution in [0.2, 0.25) is 0 Å². The molecule has 1 fully saturated rings. The molecular weight excluding hydrogens is 477 g/mol. The fourth-order valence-electron chi connectivity index (χ4n) is 2.32. The van der Waals surface area contributed by atoms with Crippen LogP contribution in [0.1, 0.15) is 38.5 Å². The zero-order chi connectivity index (χ0) is 8.39. The van der Waals surface area contributed by atoms with E-state index < -0.39 is 0 Å². The monoisotopic (exact) mass is 491 g/mol. The Balaban J connectivity index is 0.000000845. The van der Waals surface area contributed by atoms with Crippen molar-refractivity contribution in [2.45, 2.75) is 38.5 Å². The summed E-state index contributed by atoms with van der Waals surface area (Å²) in [5, 5.41) is 0. The fourth-order valence-corrected chi connectivity index (χ4v) is 3.31. The molecule has 0 N–H and O–H groups in total. The summed E-state index contributed by atoms with van der Waals surface area (Å²) in [6, 6.07) is 0. The Morgan fingerprint density at radius 1 is 1.07 bits per heavy atom. The van der Waals surface area contributed by atoms with Gasteiger partial charge >= 0.3 is 90.2 Å². The van der Waals surface area contributed by atoms with Gasteiger partial charge in [0.1, 0.15) is 0 Å². The predicted octanol–water partition coefficient (Wildman–Crippen LogP) is -2.66. The normalized spacial score (nSPS) is 21.9. The van der Waals surface area contributed by atoms with Crippen molar-refractivity contribution in [3.8, 4) is 0 Å². The number of hydrogen-bond acceptors (Lipinski definition) is 0. The van der Waals surface area contributed by atoms with Crippen molar-refractivity contribution in [3.05, 3.63) is 21.0 Å². The Kier molecular flexibility index (Phi) is 9.04. The van der Waals surface area contributed by atoms with Crippen LogP contribution in [0.25, 0.3) is 0 Å². The molecule has 0 radical (unpaired) electrons. The van der Waals surface area contributed by atoms with Gasteiger partial charge in [0.25, 0.3) is 0 Å². The molecule has 2 aliphatic rings. The van der Waals surface area contributed by atoms with Crippen molar-refractivity contribution >= 4 is 0 Å². The van der Waals surface area contributed by atoms with E-state index >= 15 is 0 Å². The quantitative estimate of drug-likeness (QED) is 0.351. The summed E-state index contributed by atoms with van der Waals surface area (Å²) in [6.45, 7) is 0. The summed E-state index contributed by atoms with van der Waals surface area (Å²) >= 11 is 1.64. The first kappa shape index (κ1) is 15.8. The van der Waals surface area contributed by atoms with Gasteiger partial charge in [-0.15, -0.1) is 0 Å².